The predicted octanol–water partition coefficient (Wildman–Crippen LogP) is 3.78. The Morgan fingerprint density at radius 2 is 2.19 bits per heavy atom. The van der Waals surface area contributed by atoms with Crippen LogP contribution < -0.4 is 4.74 Å². The molecule has 4 nitrogen and oxygen atoms in total. The quantitative estimate of drug-likeness (QED) is 0.637. The Labute approximate surface area is 128 Å². The number of nitrogens with zero attached hydrogens (tertiary/aromatic N) is 1. The predicted molar refractivity (Wildman–Crippen MR) is 83.7 cm³/mol. The highest BCUT2D eigenvalue weighted by Crippen LogP contribution is 2.32. The second-order valence-corrected chi connectivity index (χ2v) is 4.83. The number of esters is 1. The Morgan fingerprint density at radius 1 is 1.43 bits per heavy atom. The first-order chi connectivity index (χ1) is 10.1. The van der Waals surface area contributed by atoms with Crippen molar-refractivity contribution in [2.75, 3.05) is 13.7 Å². The molecule has 0 N–H and O–H groups in total. The SMILES string of the molecule is CCOC(=O)/C=C/c1cc(C)c2c(Cl)ccc(OC)c2n1. The van der Waals surface area contributed by atoms with Gasteiger partial charge in [0, 0.05) is 11.5 Å². The summed E-state index contributed by atoms with van der Waals surface area (Å²) in [4.78, 5) is 15.9. The molecule has 0 spiro atoms. The summed E-state index contributed by atoms with van der Waals surface area (Å²) < 4.78 is 10.2. The molecule has 0 unspecified atom stereocenters. The van der Waals surface area contributed by atoms with Gasteiger partial charge < -0.3 is 9.47 Å². The lowest BCUT2D eigenvalue weighted by molar-refractivity contribution is -0.137. The summed E-state index contributed by atoms with van der Waals surface area (Å²) in [5, 5.41) is 1.47. The first kappa shape index (κ1) is 15.3. The highest BCUT2D eigenvalue weighted by atomic mass is 35.5. The second-order valence-electron chi connectivity index (χ2n) is 4.42. The van der Waals surface area contributed by atoms with Gasteiger partial charge in [-0.2, -0.15) is 0 Å². The Bertz CT molecular complexity index is 710. The summed E-state index contributed by atoms with van der Waals surface area (Å²) in [5.41, 5.74) is 2.29. The standard InChI is InChI=1S/C16H16ClNO3/c1-4-21-14(19)8-5-11-9-10(2)15-12(17)6-7-13(20-3)16(15)18-11/h5-9H,4H2,1-3H3/b8-5+. The summed E-state index contributed by atoms with van der Waals surface area (Å²) in [6.45, 7) is 4.05. The second kappa shape index (κ2) is 6.59. The molecule has 1 heterocycles. The Hall–Kier alpha value is -2.07. The summed E-state index contributed by atoms with van der Waals surface area (Å²) in [6, 6.07) is 5.42. The molecule has 5 heteroatoms. The zero-order valence-corrected chi connectivity index (χ0v) is 12.9. The molecule has 21 heavy (non-hydrogen) atoms. The normalized spacial score (nSPS) is 11.0. The molecule has 0 atom stereocenters. The third-order valence-corrected chi connectivity index (χ3v) is 3.30. The van der Waals surface area contributed by atoms with Crippen molar-refractivity contribution in [1.82, 2.24) is 4.98 Å². The molecule has 0 aliphatic rings. The van der Waals surface area contributed by atoms with E-state index >= 15 is 0 Å². The van der Waals surface area contributed by atoms with Crippen molar-refractivity contribution in [3.63, 3.8) is 0 Å². The van der Waals surface area contributed by atoms with Crippen molar-refractivity contribution < 1.29 is 14.3 Å². The summed E-state index contributed by atoms with van der Waals surface area (Å²) in [5.74, 6) is 0.249. The number of pyridine rings is 1. The van der Waals surface area contributed by atoms with Gasteiger partial charge in [0.2, 0.25) is 0 Å². The summed E-state index contributed by atoms with van der Waals surface area (Å²) in [6.07, 6.45) is 2.97. The van der Waals surface area contributed by atoms with E-state index in [1.165, 1.54) is 6.08 Å². The average molecular weight is 306 g/mol. The lowest BCUT2D eigenvalue weighted by Crippen LogP contribution is -1.99. The van der Waals surface area contributed by atoms with Crippen LogP contribution in [0.2, 0.25) is 5.02 Å². The van der Waals surface area contributed by atoms with Crippen molar-refractivity contribution in [1.29, 1.82) is 0 Å². The highest BCUT2D eigenvalue weighted by Gasteiger charge is 2.10. The monoisotopic (exact) mass is 305 g/mol. The number of fused-ring (bicyclic) bond motifs is 1. The molecule has 0 fully saturated rings. The van der Waals surface area contributed by atoms with Gasteiger partial charge in [0.15, 0.2) is 0 Å². The van der Waals surface area contributed by atoms with Crippen molar-refractivity contribution >= 4 is 34.5 Å². The number of ether oxygens (including phenoxy) is 2. The number of rotatable bonds is 4. The van der Waals surface area contributed by atoms with Gasteiger partial charge in [-0.05, 0) is 43.7 Å². The van der Waals surface area contributed by atoms with E-state index in [4.69, 9.17) is 21.1 Å². The molecule has 0 saturated carbocycles. The minimum Gasteiger partial charge on any atom is -0.494 e. The number of methoxy groups -OCH3 is 1. The zero-order valence-electron chi connectivity index (χ0n) is 12.1. The van der Waals surface area contributed by atoms with Crippen molar-refractivity contribution in [2.45, 2.75) is 13.8 Å². The van der Waals surface area contributed by atoms with Crippen LogP contribution in [0, 0.1) is 6.92 Å². The lowest BCUT2D eigenvalue weighted by Gasteiger charge is -2.09. The zero-order chi connectivity index (χ0) is 15.4. The van der Waals surface area contributed by atoms with Gasteiger partial charge >= 0.3 is 5.97 Å². The van der Waals surface area contributed by atoms with Gasteiger partial charge in [-0.3, -0.25) is 0 Å². The van der Waals surface area contributed by atoms with Crippen LogP contribution in [-0.2, 0) is 9.53 Å². The number of halogens is 1. The van der Waals surface area contributed by atoms with E-state index in [0.717, 1.165) is 10.9 Å². The van der Waals surface area contributed by atoms with Gasteiger partial charge in [0.25, 0.3) is 0 Å². The van der Waals surface area contributed by atoms with Gasteiger partial charge in [-0.15, -0.1) is 0 Å². The lowest BCUT2D eigenvalue weighted by atomic mass is 10.1. The molecule has 110 valence electrons. The molecule has 2 aromatic rings. The molecular weight excluding hydrogens is 290 g/mol. The molecule has 0 radical (unpaired) electrons. The number of aryl methyl sites for hydroxylation is 1. The van der Waals surface area contributed by atoms with Gasteiger partial charge in [0.1, 0.15) is 11.3 Å². The Kier molecular flexibility index (Phi) is 4.81. The third kappa shape index (κ3) is 3.34. The number of aromatic nitrogens is 1. The fourth-order valence-electron chi connectivity index (χ4n) is 2.08. The number of carbonyl (C=O) groups is 1. The molecule has 0 saturated heterocycles. The van der Waals surface area contributed by atoms with Crippen LogP contribution in [-0.4, -0.2) is 24.7 Å². The largest absolute Gasteiger partial charge is 0.494 e. The molecular formula is C16H16ClNO3. The number of carbonyl (C=O) groups excluding carboxylic acids is 1. The maximum Gasteiger partial charge on any atom is 0.330 e. The van der Waals surface area contributed by atoms with E-state index in [1.807, 2.05) is 13.0 Å². The van der Waals surface area contributed by atoms with Gasteiger partial charge in [0.05, 0.1) is 24.4 Å². The minimum atomic E-state index is -0.393. The maximum absolute atomic E-state index is 11.4. The van der Waals surface area contributed by atoms with E-state index in [0.29, 0.717) is 28.6 Å². The van der Waals surface area contributed by atoms with Gasteiger partial charge in [-0.25, -0.2) is 9.78 Å². The highest BCUT2D eigenvalue weighted by molar-refractivity contribution is 6.35. The summed E-state index contributed by atoms with van der Waals surface area (Å²) in [7, 11) is 1.58. The topological polar surface area (TPSA) is 48.4 Å². The van der Waals surface area contributed by atoms with Crippen LogP contribution in [0.25, 0.3) is 17.0 Å². The van der Waals surface area contributed by atoms with Crippen molar-refractivity contribution in [3.05, 3.63) is 40.6 Å². The van der Waals surface area contributed by atoms with Crippen LogP contribution in [0.1, 0.15) is 18.2 Å². The number of benzene rings is 1. The van der Waals surface area contributed by atoms with Crippen molar-refractivity contribution in [3.8, 4) is 5.75 Å². The Balaban J connectivity index is 2.51. The maximum atomic E-state index is 11.4. The van der Waals surface area contributed by atoms with Crippen molar-refractivity contribution in [2.24, 2.45) is 0 Å². The number of hydrogen-bond donors (Lipinski definition) is 0. The molecule has 1 aromatic carbocycles. The van der Waals surface area contributed by atoms with E-state index in [2.05, 4.69) is 4.98 Å². The van der Waals surface area contributed by atoms with E-state index in [9.17, 15) is 4.79 Å². The van der Waals surface area contributed by atoms with E-state index < -0.39 is 5.97 Å². The fraction of sp³-hybridized carbons (Fsp3) is 0.250. The van der Waals surface area contributed by atoms with Gasteiger partial charge in [-0.1, -0.05) is 11.6 Å². The van der Waals surface area contributed by atoms with Crippen LogP contribution in [0.5, 0.6) is 5.75 Å². The van der Waals surface area contributed by atoms with Crippen LogP contribution in [0.4, 0.5) is 0 Å². The van der Waals surface area contributed by atoms with Crippen LogP contribution in [0.15, 0.2) is 24.3 Å². The molecule has 0 aliphatic carbocycles. The molecule has 0 bridgehead atoms. The van der Waals surface area contributed by atoms with Crippen LogP contribution >= 0.6 is 11.6 Å². The molecule has 1 aromatic heterocycles. The molecule has 0 amide bonds. The molecule has 0 aliphatic heterocycles. The average Bonchev–Trinajstić information content (AvgIpc) is 2.45. The molecule has 2 rings (SSSR count). The van der Waals surface area contributed by atoms with Crippen LogP contribution in [0.3, 0.4) is 0 Å². The number of hydrogen-bond acceptors (Lipinski definition) is 4. The first-order valence-electron chi connectivity index (χ1n) is 6.55. The van der Waals surface area contributed by atoms with E-state index in [-0.39, 0.29) is 0 Å². The minimum absolute atomic E-state index is 0.344. The first-order valence-corrected chi connectivity index (χ1v) is 6.93. The Morgan fingerprint density at radius 3 is 2.86 bits per heavy atom. The third-order valence-electron chi connectivity index (χ3n) is 2.99. The smallest absolute Gasteiger partial charge is 0.330 e. The fourth-order valence-corrected chi connectivity index (χ4v) is 2.38. The van der Waals surface area contributed by atoms with E-state index in [1.54, 1.807) is 32.2 Å². The summed E-state index contributed by atoms with van der Waals surface area (Å²) >= 11 is 6.22.